The number of rotatable bonds is 6. The van der Waals surface area contributed by atoms with E-state index in [1.54, 1.807) is 18.2 Å². The average molecular weight is 439 g/mol. The minimum Gasteiger partial charge on any atom is -0.485 e. The van der Waals surface area contributed by atoms with Gasteiger partial charge in [-0.05, 0) is 55.3 Å². The lowest BCUT2D eigenvalue weighted by Gasteiger charge is -2.34. The van der Waals surface area contributed by atoms with Crippen molar-refractivity contribution in [1.82, 2.24) is 9.80 Å². The van der Waals surface area contributed by atoms with Gasteiger partial charge in [0.2, 0.25) is 0 Å². The van der Waals surface area contributed by atoms with Crippen LogP contribution in [0.15, 0.2) is 59.0 Å². The molecule has 2 aromatic carbocycles. The Bertz CT molecular complexity index is 1040. The normalized spacial score (nSPS) is 14.6. The smallest absolute Gasteiger partial charge is 0.289 e. The van der Waals surface area contributed by atoms with Crippen molar-refractivity contribution in [3.8, 4) is 5.75 Å². The van der Waals surface area contributed by atoms with Crippen LogP contribution in [0.2, 0.25) is 5.02 Å². The van der Waals surface area contributed by atoms with Gasteiger partial charge in [0, 0.05) is 37.7 Å². The van der Waals surface area contributed by atoms with Crippen molar-refractivity contribution >= 4 is 17.5 Å². The van der Waals surface area contributed by atoms with E-state index in [9.17, 15) is 4.79 Å². The average Bonchev–Trinajstić information content (AvgIpc) is 3.24. The van der Waals surface area contributed by atoms with Crippen molar-refractivity contribution in [2.45, 2.75) is 27.0 Å². The molecule has 31 heavy (non-hydrogen) atoms. The predicted octanol–water partition coefficient (Wildman–Crippen LogP) is 5.09. The van der Waals surface area contributed by atoms with Gasteiger partial charge in [-0.15, -0.1) is 0 Å². The maximum atomic E-state index is 12.8. The summed E-state index contributed by atoms with van der Waals surface area (Å²) in [4.78, 5) is 17.1. The summed E-state index contributed by atoms with van der Waals surface area (Å²) in [5.74, 6) is 1.66. The van der Waals surface area contributed by atoms with Gasteiger partial charge in [0.25, 0.3) is 5.91 Å². The maximum absolute atomic E-state index is 12.8. The molecule has 1 aliphatic rings. The number of hydrogen-bond donors (Lipinski definition) is 0. The Balaban J connectivity index is 1.28. The number of carbonyl (C=O) groups is 1. The third-order valence-corrected chi connectivity index (χ3v) is 5.80. The predicted molar refractivity (Wildman–Crippen MR) is 122 cm³/mol. The molecule has 1 saturated heterocycles. The Morgan fingerprint density at radius 3 is 2.45 bits per heavy atom. The summed E-state index contributed by atoms with van der Waals surface area (Å²) in [5.41, 5.74) is 3.53. The van der Waals surface area contributed by atoms with Crippen LogP contribution in [0.1, 0.15) is 33.0 Å². The third-order valence-electron chi connectivity index (χ3n) is 5.57. The Morgan fingerprint density at radius 2 is 1.74 bits per heavy atom. The molecule has 0 unspecified atom stereocenters. The van der Waals surface area contributed by atoms with Gasteiger partial charge < -0.3 is 14.1 Å². The van der Waals surface area contributed by atoms with Crippen LogP contribution in [0, 0.1) is 13.8 Å². The first-order chi connectivity index (χ1) is 15.0. The van der Waals surface area contributed by atoms with Gasteiger partial charge in [-0.1, -0.05) is 41.4 Å². The molecule has 0 atom stereocenters. The zero-order valence-electron chi connectivity index (χ0n) is 17.9. The molecular formula is C25H27ClN2O3. The maximum Gasteiger partial charge on any atom is 0.289 e. The van der Waals surface area contributed by atoms with Crippen molar-refractivity contribution in [3.63, 3.8) is 0 Å². The summed E-state index contributed by atoms with van der Waals surface area (Å²) in [5, 5.41) is 0.676. The molecule has 2 heterocycles. The second-order valence-electron chi connectivity index (χ2n) is 8.02. The zero-order chi connectivity index (χ0) is 21.8. The highest BCUT2D eigenvalue weighted by molar-refractivity contribution is 6.30. The van der Waals surface area contributed by atoms with Crippen molar-refractivity contribution in [3.05, 3.63) is 87.8 Å². The Hall–Kier alpha value is -2.76. The molecule has 1 fully saturated rings. The van der Waals surface area contributed by atoms with Crippen molar-refractivity contribution < 1.29 is 13.9 Å². The van der Waals surface area contributed by atoms with Crippen LogP contribution in [0.5, 0.6) is 5.75 Å². The molecule has 0 radical (unpaired) electrons. The molecule has 3 aromatic rings. The number of carbonyl (C=O) groups excluding carboxylic acids is 1. The minimum absolute atomic E-state index is 0.0658. The van der Waals surface area contributed by atoms with Gasteiger partial charge in [0.15, 0.2) is 5.76 Å². The molecule has 0 bridgehead atoms. The van der Waals surface area contributed by atoms with Crippen molar-refractivity contribution in [2.75, 3.05) is 26.2 Å². The largest absolute Gasteiger partial charge is 0.485 e. The quantitative estimate of drug-likeness (QED) is 0.538. The third kappa shape index (κ3) is 5.49. The van der Waals surface area contributed by atoms with Crippen LogP contribution in [0.3, 0.4) is 0 Å². The second kappa shape index (κ2) is 9.58. The molecule has 0 spiro atoms. The molecule has 5 nitrogen and oxygen atoms in total. The van der Waals surface area contributed by atoms with Crippen LogP contribution in [0.4, 0.5) is 0 Å². The van der Waals surface area contributed by atoms with Crippen LogP contribution >= 0.6 is 11.6 Å². The molecule has 0 aliphatic carbocycles. The van der Waals surface area contributed by atoms with Crippen LogP contribution in [0.25, 0.3) is 0 Å². The summed E-state index contributed by atoms with van der Waals surface area (Å²) in [6.07, 6.45) is 0. The van der Waals surface area contributed by atoms with Gasteiger partial charge in [0.1, 0.15) is 18.1 Å². The molecule has 6 heteroatoms. The van der Waals surface area contributed by atoms with Crippen LogP contribution < -0.4 is 4.74 Å². The molecule has 162 valence electrons. The monoisotopic (exact) mass is 438 g/mol. The number of aryl methyl sites for hydroxylation is 2. The van der Waals surface area contributed by atoms with E-state index >= 15 is 0 Å². The SMILES string of the molecule is Cc1ccc(CN2CCN(C(=O)c3ccc(COc4ccc(Cl)cc4C)o3)CC2)cc1. The van der Waals surface area contributed by atoms with Gasteiger partial charge in [0.05, 0.1) is 0 Å². The first-order valence-electron chi connectivity index (χ1n) is 10.5. The summed E-state index contributed by atoms with van der Waals surface area (Å²) in [6, 6.07) is 17.6. The van der Waals surface area contributed by atoms with Crippen LogP contribution in [-0.2, 0) is 13.2 Å². The first kappa shape index (κ1) is 21.5. The lowest BCUT2D eigenvalue weighted by atomic mass is 10.1. The van der Waals surface area contributed by atoms with Gasteiger partial charge in [-0.2, -0.15) is 0 Å². The minimum atomic E-state index is -0.0658. The number of furan rings is 1. The standard InChI is InChI=1S/C25H27ClN2O3/c1-18-3-5-20(6-4-18)16-27-11-13-28(14-12-27)25(29)24-10-8-22(31-24)17-30-23-9-7-21(26)15-19(23)2/h3-10,15H,11-14,16-17H2,1-2H3. The first-order valence-corrected chi connectivity index (χ1v) is 10.9. The summed E-state index contributed by atoms with van der Waals surface area (Å²) in [7, 11) is 0. The summed E-state index contributed by atoms with van der Waals surface area (Å²) in [6.45, 7) is 8.31. The number of halogens is 1. The highest BCUT2D eigenvalue weighted by Crippen LogP contribution is 2.23. The highest BCUT2D eigenvalue weighted by atomic mass is 35.5. The molecule has 0 saturated carbocycles. The molecule has 4 rings (SSSR count). The highest BCUT2D eigenvalue weighted by Gasteiger charge is 2.24. The van der Waals surface area contributed by atoms with Gasteiger partial charge in [-0.25, -0.2) is 0 Å². The number of benzene rings is 2. The molecule has 1 aromatic heterocycles. The molecular weight excluding hydrogens is 412 g/mol. The molecule has 1 aliphatic heterocycles. The second-order valence-corrected chi connectivity index (χ2v) is 8.45. The lowest BCUT2D eigenvalue weighted by molar-refractivity contribution is 0.0594. The summed E-state index contributed by atoms with van der Waals surface area (Å²) < 4.78 is 11.6. The summed E-state index contributed by atoms with van der Waals surface area (Å²) >= 11 is 5.98. The molecule has 0 N–H and O–H groups in total. The topological polar surface area (TPSA) is 45.9 Å². The Morgan fingerprint density at radius 1 is 1.00 bits per heavy atom. The fourth-order valence-electron chi connectivity index (χ4n) is 3.71. The Labute approximate surface area is 188 Å². The number of hydrogen-bond acceptors (Lipinski definition) is 4. The van der Waals surface area contributed by atoms with Crippen LogP contribution in [-0.4, -0.2) is 41.9 Å². The van der Waals surface area contributed by atoms with E-state index in [1.165, 1.54) is 11.1 Å². The van der Waals surface area contributed by atoms with Gasteiger partial charge in [-0.3, -0.25) is 9.69 Å². The number of nitrogens with zero attached hydrogens (tertiary/aromatic N) is 2. The van der Waals surface area contributed by atoms with E-state index in [1.807, 2.05) is 24.0 Å². The van der Waals surface area contributed by atoms with E-state index in [4.69, 9.17) is 20.8 Å². The van der Waals surface area contributed by atoms with E-state index in [2.05, 4.69) is 36.1 Å². The van der Waals surface area contributed by atoms with E-state index in [0.29, 0.717) is 29.6 Å². The number of amides is 1. The Kier molecular flexibility index (Phi) is 6.64. The fraction of sp³-hybridized carbons (Fsp3) is 0.320. The zero-order valence-corrected chi connectivity index (χ0v) is 18.7. The van der Waals surface area contributed by atoms with E-state index in [-0.39, 0.29) is 12.5 Å². The molecule has 1 amide bonds. The van der Waals surface area contributed by atoms with Gasteiger partial charge >= 0.3 is 0 Å². The number of ether oxygens (including phenoxy) is 1. The van der Waals surface area contributed by atoms with Crippen molar-refractivity contribution in [2.24, 2.45) is 0 Å². The van der Waals surface area contributed by atoms with E-state index in [0.717, 1.165) is 30.9 Å². The fourth-order valence-corrected chi connectivity index (χ4v) is 3.94. The van der Waals surface area contributed by atoms with Crippen molar-refractivity contribution in [1.29, 1.82) is 0 Å². The number of piperazine rings is 1. The lowest BCUT2D eigenvalue weighted by Crippen LogP contribution is -2.48. The van der Waals surface area contributed by atoms with E-state index < -0.39 is 0 Å².